The zero-order valence-electron chi connectivity index (χ0n) is 15.7. The average molecular weight is 373 g/mol. The van der Waals surface area contributed by atoms with Gasteiger partial charge in [-0.25, -0.2) is 0 Å². The molecule has 0 aromatic heterocycles. The summed E-state index contributed by atoms with van der Waals surface area (Å²) in [6, 6.07) is 10.1. The molecule has 0 saturated carbocycles. The van der Waals surface area contributed by atoms with Gasteiger partial charge in [0.2, 0.25) is 11.8 Å². The number of carboxylic acid groups (broad SMARTS) is 1. The molecule has 1 N–H and O–H groups in total. The van der Waals surface area contributed by atoms with Crippen LogP contribution >= 0.6 is 0 Å². The molecule has 0 aliphatic carbocycles. The molecule has 0 radical (unpaired) electrons. The molecule has 1 aromatic rings. The number of benzene rings is 1. The largest absolute Gasteiger partial charge is 0.481 e. The number of nitrogens with zero attached hydrogens (tertiary/aromatic N) is 3. The number of amides is 2. The van der Waals surface area contributed by atoms with E-state index in [1.165, 1.54) is 0 Å². The molecule has 7 heteroatoms. The highest BCUT2D eigenvalue weighted by Gasteiger charge is 2.36. The van der Waals surface area contributed by atoms with Crippen molar-refractivity contribution in [2.45, 2.75) is 19.8 Å². The Morgan fingerprint density at radius 2 is 1.52 bits per heavy atom. The Morgan fingerprint density at radius 3 is 2.07 bits per heavy atom. The first-order valence-electron chi connectivity index (χ1n) is 9.54. The molecule has 27 heavy (non-hydrogen) atoms. The van der Waals surface area contributed by atoms with Crippen molar-refractivity contribution < 1.29 is 19.5 Å². The Labute approximate surface area is 159 Å². The normalized spacial score (nSPS) is 22.8. The summed E-state index contributed by atoms with van der Waals surface area (Å²) in [7, 11) is 0. The van der Waals surface area contributed by atoms with Crippen molar-refractivity contribution in [1.29, 1.82) is 0 Å². The molecular formula is C20H27N3O4. The number of carbonyl (C=O) groups is 3. The topological polar surface area (TPSA) is 81.2 Å². The van der Waals surface area contributed by atoms with Gasteiger partial charge in [0.15, 0.2) is 0 Å². The highest BCUT2D eigenvalue weighted by molar-refractivity contribution is 5.84. The molecule has 7 nitrogen and oxygen atoms in total. The molecule has 2 fully saturated rings. The van der Waals surface area contributed by atoms with Gasteiger partial charge in [-0.15, -0.1) is 0 Å². The third kappa shape index (κ3) is 4.59. The molecule has 2 amide bonds. The first kappa shape index (κ1) is 19.2. The molecule has 146 valence electrons. The van der Waals surface area contributed by atoms with Gasteiger partial charge in [0, 0.05) is 57.8 Å². The van der Waals surface area contributed by atoms with E-state index in [9.17, 15) is 19.5 Å². The maximum absolute atomic E-state index is 12.4. The minimum absolute atomic E-state index is 0.00177. The predicted molar refractivity (Wildman–Crippen MR) is 101 cm³/mol. The molecule has 2 aliphatic rings. The van der Waals surface area contributed by atoms with Gasteiger partial charge < -0.3 is 19.8 Å². The number of anilines is 1. The fourth-order valence-electron chi connectivity index (χ4n) is 3.87. The van der Waals surface area contributed by atoms with Crippen LogP contribution in [-0.2, 0) is 14.4 Å². The average Bonchev–Trinajstić information content (AvgIpc) is 3.09. The van der Waals surface area contributed by atoms with Crippen LogP contribution in [0.15, 0.2) is 30.3 Å². The van der Waals surface area contributed by atoms with E-state index < -0.39 is 11.9 Å². The highest BCUT2D eigenvalue weighted by atomic mass is 16.4. The van der Waals surface area contributed by atoms with Crippen molar-refractivity contribution >= 4 is 23.5 Å². The van der Waals surface area contributed by atoms with E-state index in [0.717, 1.165) is 18.8 Å². The van der Waals surface area contributed by atoms with E-state index in [4.69, 9.17) is 0 Å². The van der Waals surface area contributed by atoms with Gasteiger partial charge in [0.1, 0.15) is 0 Å². The summed E-state index contributed by atoms with van der Waals surface area (Å²) in [5, 5.41) is 9.17. The first-order chi connectivity index (χ1) is 13.0. The lowest BCUT2D eigenvalue weighted by Crippen LogP contribution is -2.49. The van der Waals surface area contributed by atoms with E-state index in [1.807, 2.05) is 30.0 Å². The molecule has 0 spiro atoms. The van der Waals surface area contributed by atoms with E-state index in [1.54, 1.807) is 4.90 Å². The second kappa shape index (κ2) is 8.41. The predicted octanol–water partition coefficient (Wildman–Crippen LogP) is 1.29. The van der Waals surface area contributed by atoms with E-state index >= 15 is 0 Å². The lowest BCUT2D eigenvalue weighted by Gasteiger charge is -2.36. The molecular weight excluding hydrogens is 346 g/mol. The Kier molecular flexibility index (Phi) is 5.98. The van der Waals surface area contributed by atoms with Crippen molar-refractivity contribution in [1.82, 2.24) is 9.80 Å². The van der Waals surface area contributed by atoms with Gasteiger partial charge >= 0.3 is 5.97 Å². The second-order valence-electron chi connectivity index (χ2n) is 7.42. The summed E-state index contributed by atoms with van der Waals surface area (Å²) in [6.07, 6.45) is 0.337. The van der Waals surface area contributed by atoms with Crippen molar-refractivity contribution in [2.75, 3.05) is 44.2 Å². The second-order valence-corrected chi connectivity index (χ2v) is 7.42. The number of likely N-dealkylation sites (tertiary alicyclic amines) is 1. The summed E-state index contributed by atoms with van der Waals surface area (Å²) in [5.74, 6) is -1.53. The number of piperazine rings is 1. The van der Waals surface area contributed by atoms with Crippen molar-refractivity contribution in [3.8, 4) is 0 Å². The van der Waals surface area contributed by atoms with E-state index in [0.29, 0.717) is 19.6 Å². The molecule has 0 bridgehead atoms. The van der Waals surface area contributed by atoms with Crippen molar-refractivity contribution in [3.05, 3.63) is 30.3 Å². The van der Waals surface area contributed by atoms with Crippen LogP contribution in [0.2, 0.25) is 0 Å². The molecule has 2 atom stereocenters. The molecule has 3 rings (SSSR count). The van der Waals surface area contributed by atoms with Gasteiger partial charge in [0.05, 0.1) is 5.92 Å². The maximum Gasteiger partial charge on any atom is 0.308 e. The van der Waals surface area contributed by atoms with E-state index in [2.05, 4.69) is 17.0 Å². The molecule has 1 aromatic carbocycles. The Morgan fingerprint density at radius 1 is 0.926 bits per heavy atom. The molecule has 2 aliphatic heterocycles. The van der Waals surface area contributed by atoms with Crippen LogP contribution in [-0.4, -0.2) is 72.0 Å². The monoisotopic (exact) mass is 373 g/mol. The third-order valence-corrected chi connectivity index (χ3v) is 5.59. The molecule has 2 heterocycles. The van der Waals surface area contributed by atoms with Crippen LogP contribution in [0.4, 0.5) is 5.69 Å². The number of carboxylic acids is 1. The van der Waals surface area contributed by atoms with Gasteiger partial charge in [-0.05, 0) is 18.1 Å². The zero-order valence-corrected chi connectivity index (χ0v) is 15.7. The van der Waals surface area contributed by atoms with Gasteiger partial charge in [-0.2, -0.15) is 0 Å². The molecule has 0 unspecified atom stereocenters. The number of carbonyl (C=O) groups excluding carboxylic acids is 2. The fraction of sp³-hybridized carbons (Fsp3) is 0.550. The first-order valence-corrected chi connectivity index (χ1v) is 9.54. The number of rotatable bonds is 5. The maximum atomic E-state index is 12.4. The van der Waals surface area contributed by atoms with Crippen molar-refractivity contribution in [3.63, 3.8) is 0 Å². The number of hydrogen-bond acceptors (Lipinski definition) is 4. The van der Waals surface area contributed by atoms with Gasteiger partial charge in [0.25, 0.3) is 0 Å². The summed E-state index contributed by atoms with van der Waals surface area (Å²) < 4.78 is 0. The SMILES string of the molecule is C[C@@H]1CN(C(=O)CCC(=O)N2CCN(c3ccccc3)CC2)C[C@H]1C(=O)O. The minimum atomic E-state index is -0.856. The third-order valence-electron chi connectivity index (χ3n) is 5.59. The quantitative estimate of drug-likeness (QED) is 0.841. The Hall–Kier alpha value is -2.57. The Balaban J connectivity index is 1.42. The van der Waals surface area contributed by atoms with Crippen LogP contribution in [0.5, 0.6) is 0 Å². The minimum Gasteiger partial charge on any atom is -0.481 e. The molecule has 2 saturated heterocycles. The zero-order chi connectivity index (χ0) is 19.4. The number of para-hydroxylation sites is 1. The summed E-state index contributed by atoms with van der Waals surface area (Å²) in [5.41, 5.74) is 1.16. The van der Waals surface area contributed by atoms with Crippen LogP contribution in [0, 0.1) is 11.8 Å². The van der Waals surface area contributed by atoms with Crippen LogP contribution in [0.25, 0.3) is 0 Å². The number of hydrogen-bond donors (Lipinski definition) is 1. The number of aliphatic carboxylic acids is 1. The standard InChI is InChI=1S/C20H27N3O4/c1-15-13-23(14-17(15)20(26)27)19(25)8-7-18(24)22-11-9-21(10-12-22)16-5-3-2-4-6-16/h2-6,15,17H,7-14H2,1H3,(H,26,27)/t15-,17-/m1/s1. The smallest absolute Gasteiger partial charge is 0.308 e. The fourth-order valence-corrected chi connectivity index (χ4v) is 3.87. The Bertz CT molecular complexity index is 686. The lowest BCUT2D eigenvalue weighted by molar-refractivity contribution is -0.142. The van der Waals surface area contributed by atoms with Crippen LogP contribution < -0.4 is 4.90 Å². The summed E-state index contributed by atoms with van der Waals surface area (Å²) >= 11 is 0. The van der Waals surface area contributed by atoms with Crippen molar-refractivity contribution in [2.24, 2.45) is 11.8 Å². The van der Waals surface area contributed by atoms with Gasteiger partial charge in [-0.1, -0.05) is 25.1 Å². The van der Waals surface area contributed by atoms with E-state index in [-0.39, 0.29) is 37.1 Å². The van der Waals surface area contributed by atoms with Gasteiger partial charge in [-0.3, -0.25) is 14.4 Å². The van der Waals surface area contributed by atoms with Crippen LogP contribution in [0.3, 0.4) is 0 Å². The summed E-state index contributed by atoms with van der Waals surface area (Å²) in [6.45, 7) is 5.44. The lowest BCUT2D eigenvalue weighted by atomic mass is 9.99. The highest BCUT2D eigenvalue weighted by Crippen LogP contribution is 2.24. The summed E-state index contributed by atoms with van der Waals surface area (Å²) in [4.78, 5) is 41.6. The van der Waals surface area contributed by atoms with Crippen LogP contribution in [0.1, 0.15) is 19.8 Å².